The summed E-state index contributed by atoms with van der Waals surface area (Å²) in [4.78, 5) is 12.8. The topological polar surface area (TPSA) is 67.2 Å². The summed E-state index contributed by atoms with van der Waals surface area (Å²) in [5.41, 5.74) is 0.431. The smallest absolute Gasteiger partial charge is 0.257 e. The molecule has 3 rings (SSSR count). The van der Waals surface area contributed by atoms with Crippen molar-refractivity contribution in [3.63, 3.8) is 0 Å². The van der Waals surface area contributed by atoms with Crippen molar-refractivity contribution in [3.05, 3.63) is 40.4 Å². The molecule has 0 saturated carbocycles. The maximum atomic E-state index is 14.2. The van der Waals surface area contributed by atoms with Crippen molar-refractivity contribution in [2.24, 2.45) is 0 Å². The van der Waals surface area contributed by atoms with Crippen LogP contribution in [0.15, 0.2) is 22.7 Å². The quantitative estimate of drug-likeness (QED) is 0.841. The van der Waals surface area contributed by atoms with Gasteiger partial charge in [0.05, 0.1) is 10.6 Å². The van der Waals surface area contributed by atoms with Gasteiger partial charge in [-0.1, -0.05) is 22.8 Å². The molecule has 1 aromatic carbocycles. The van der Waals surface area contributed by atoms with Crippen LogP contribution in [-0.4, -0.2) is 29.7 Å². The number of halogens is 3. The molecule has 2 unspecified atom stereocenters. The highest BCUT2D eigenvalue weighted by Gasteiger charge is 2.29. The fourth-order valence-electron chi connectivity index (χ4n) is 3.02. The molecule has 1 aliphatic rings. The van der Waals surface area contributed by atoms with Crippen molar-refractivity contribution in [3.8, 4) is 11.3 Å². The molecule has 0 spiro atoms. The molecule has 0 bridgehead atoms. The molecule has 1 amide bonds. The van der Waals surface area contributed by atoms with Gasteiger partial charge in [0, 0.05) is 12.1 Å². The molecule has 136 valence electrons. The average Bonchev–Trinajstić information content (AvgIpc) is 2.91. The van der Waals surface area contributed by atoms with Gasteiger partial charge in [-0.3, -0.25) is 4.79 Å². The van der Waals surface area contributed by atoms with E-state index in [1.165, 1.54) is 12.1 Å². The maximum absolute atomic E-state index is 14.2. The number of benzene rings is 1. The lowest BCUT2D eigenvalue weighted by molar-refractivity contribution is 0.0919. The van der Waals surface area contributed by atoms with E-state index in [1.807, 2.05) is 6.92 Å². The standard InChI is InChI=1S/C17H19ClFN3O2.ClH/c1-9-13(7-4-8-20-9)21-17(23)14-10(2)24-22-16(14)15-11(18)5-3-6-12(15)19;/h3,5-6,9,13,20H,4,7-8H2,1-2H3,(H,21,23);1H. The van der Waals surface area contributed by atoms with E-state index in [-0.39, 0.29) is 52.2 Å². The van der Waals surface area contributed by atoms with Crippen LogP contribution < -0.4 is 10.6 Å². The third-order valence-corrected chi connectivity index (χ3v) is 4.68. The van der Waals surface area contributed by atoms with E-state index in [1.54, 1.807) is 13.0 Å². The summed E-state index contributed by atoms with van der Waals surface area (Å²) < 4.78 is 19.3. The van der Waals surface area contributed by atoms with Gasteiger partial charge in [0.2, 0.25) is 0 Å². The SMILES string of the molecule is Cc1onc(-c2c(F)cccc2Cl)c1C(=O)NC1CCCNC1C.Cl. The van der Waals surface area contributed by atoms with Crippen molar-refractivity contribution in [1.82, 2.24) is 15.8 Å². The van der Waals surface area contributed by atoms with Crippen molar-refractivity contribution >= 4 is 29.9 Å². The van der Waals surface area contributed by atoms with E-state index in [2.05, 4.69) is 15.8 Å². The number of piperidine rings is 1. The minimum absolute atomic E-state index is 0. The zero-order chi connectivity index (χ0) is 17.3. The van der Waals surface area contributed by atoms with Gasteiger partial charge in [-0.05, 0) is 45.4 Å². The van der Waals surface area contributed by atoms with Crippen LogP contribution in [0, 0.1) is 12.7 Å². The lowest BCUT2D eigenvalue weighted by Crippen LogP contribution is -2.52. The summed E-state index contributed by atoms with van der Waals surface area (Å²) in [5.74, 6) is -0.542. The van der Waals surface area contributed by atoms with Crippen molar-refractivity contribution in [2.75, 3.05) is 6.54 Å². The first-order valence-corrected chi connectivity index (χ1v) is 8.31. The third-order valence-electron chi connectivity index (χ3n) is 4.37. The van der Waals surface area contributed by atoms with Crippen molar-refractivity contribution in [2.45, 2.75) is 38.8 Å². The van der Waals surface area contributed by atoms with Gasteiger partial charge in [0.1, 0.15) is 22.8 Å². The fourth-order valence-corrected chi connectivity index (χ4v) is 3.27. The van der Waals surface area contributed by atoms with Crippen LogP contribution in [0.25, 0.3) is 11.3 Å². The Morgan fingerprint density at radius 2 is 2.24 bits per heavy atom. The number of amides is 1. The molecule has 8 heteroatoms. The number of carbonyl (C=O) groups excluding carboxylic acids is 1. The first-order valence-electron chi connectivity index (χ1n) is 7.94. The first-order chi connectivity index (χ1) is 11.5. The Hall–Kier alpha value is -1.63. The molecular weight excluding hydrogens is 368 g/mol. The second-order valence-corrected chi connectivity index (χ2v) is 6.43. The number of aryl methyl sites for hydroxylation is 1. The zero-order valence-corrected chi connectivity index (χ0v) is 15.5. The van der Waals surface area contributed by atoms with E-state index < -0.39 is 5.82 Å². The summed E-state index contributed by atoms with van der Waals surface area (Å²) in [7, 11) is 0. The normalized spacial score (nSPS) is 20.0. The maximum Gasteiger partial charge on any atom is 0.257 e. The highest BCUT2D eigenvalue weighted by atomic mass is 35.5. The molecule has 25 heavy (non-hydrogen) atoms. The van der Waals surface area contributed by atoms with Crippen molar-refractivity contribution < 1.29 is 13.7 Å². The minimum Gasteiger partial charge on any atom is -0.360 e. The minimum atomic E-state index is -0.544. The van der Waals surface area contributed by atoms with Crippen molar-refractivity contribution in [1.29, 1.82) is 0 Å². The second-order valence-electron chi connectivity index (χ2n) is 6.02. The summed E-state index contributed by atoms with van der Waals surface area (Å²) in [6.45, 7) is 4.60. The van der Waals surface area contributed by atoms with Gasteiger partial charge in [-0.2, -0.15) is 0 Å². The van der Waals surface area contributed by atoms with Gasteiger partial charge in [-0.15, -0.1) is 12.4 Å². The molecule has 1 aliphatic heterocycles. The number of hydrogen-bond donors (Lipinski definition) is 2. The molecule has 0 radical (unpaired) electrons. The Kier molecular flexibility index (Phi) is 6.43. The average molecular weight is 388 g/mol. The lowest BCUT2D eigenvalue weighted by atomic mass is 9.98. The van der Waals surface area contributed by atoms with E-state index in [9.17, 15) is 9.18 Å². The van der Waals surface area contributed by atoms with Crippen LogP contribution in [0.1, 0.15) is 35.9 Å². The zero-order valence-electron chi connectivity index (χ0n) is 13.9. The monoisotopic (exact) mass is 387 g/mol. The van der Waals surface area contributed by atoms with E-state index >= 15 is 0 Å². The van der Waals surface area contributed by atoms with Gasteiger partial charge in [-0.25, -0.2) is 4.39 Å². The molecule has 5 nitrogen and oxygen atoms in total. The third kappa shape index (κ3) is 3.97. The van der Waals surface area contributed by atoms with Gasteiger partial charge in [0.25, 0.3) is 5.91 Å². The molecule has 2 atom stereocenters. The van der Waals surface area contributed by atoms with Crippen LogP contribution in [0.4, 0.5) is 4.39 Å². The molecule has 0 aliphatic carbocycles. The van der Waals surface area contributed by atoms with Gasteiger partial charge in [0.15, 0.2) is 0 Å². The van der Waals surface area contributed by atoms with Crippen LogP contribution in [0.2, 0.25) is 5.02 Å². The molecule has 2 N–H and O–H groups in total. The number of carbonyl (C=O) groups is 1. The Morgan fingerprint density at radius 1 is 1.48 bits per heavy atom. The lowest BCUT2D eigenvalue weighted by Gasteiger charge is -2.30. The molecule has 2 heterocycles. The van der Waals surface area contributed by atoms with Crippen LogP contribution in [0.5, 0.6) is 0 Å². The Bertz CT molecular complexity index is 746. The summed E-state index contributed by atoms with van der Waals surface area (Å²) >= 11 is 6.10. The highest BCUT2D eigenvalue weighted by molar-refractivity contribution is 6.33. The summed E-state index contributed by atoms with van der Waals surface area (Å²) in [5, 5.41) is 10.4. The summed E-state index contributed by atoms with van der Waals surface area (Å²) in [6.07, 6.45) is 1.88. The highest BCUT2D eigenvalue weighted by Crippen LogP contribution is 2.33. The predicted octanol–water partition coefficient (Wildman–Crippen LogP) is 3.73. The van der Waals surface area contributed by atoms with Crippen LogP contribution in [-0.2, 0) is 0 Å². The van der Waals surface area contributed by atoms with Crippen LogP contribution >= 0.6 is 24.0 Å². The van der Waals surface area contributed by atoms with E-state index in [0.29, 0.717) is 5.76 Å². The Labute approximate surface area is 156 Å². The van der Waals surface area contributed by atoms with Crippen LogP contribution in [0.3, 0.4) is 0 Å². The molecular formula is C17H20Cl2FN3O2. The van der Waals surface area contributed by atoms with E-state index in [4.69, 9.17) is 16.1 Å². The number of rotatable bonds is 3. The summed E-state index contributed by atoms with van der Waals surface area (Å²) in [6, 6.07) is 4.51. The molecule has 1 fully saturated rings. The predicted molar refractivity (Wildman–Crippen MR) is 96.8 cm³/mol. The number of nitrogens with zero attached hydrogens (tertiary/aromatic N) is 1. The number of aromatic nitrogens is 1. The number of hydrogen-bond acceptors (Lipinski definition) is 4. The molecule has 1 aromatic heterocycles. The molecule has 1 saturated heterocycles. The second kappa shape index (κ2) is 8.17. The fraction of sp³-hybridized carbons (Fsp3) is 0.412. The largest absolute Gasteiger partial charge is 0.360 e. The number of nitrogens with one attached hydrogen (secondary N) is 2. The molecule has 2 aromatic rings. The van der Waals surface area contributed by atoms with E-state index in [0.717, 1.165) is 19.4 Å². The Balaban J connectivity index is 0.00000225. The van der Waals surface area contributed by atoms with Gasteiger partial charge >= 0.3 is 0 Å². The first kappa shape index (κ1) is 19.7. The van der Waals surface area contributed by atoms with Gasteiger partial charge < -0.3 is 15.2 Å². The Morgan fingerprint density at radius 3 is 2.92 bits per heavy atom.